The first kappa shape index (κ1) is 19.2. The zero-order chi connectivity index (χ0) is 20.3. The van der Waals surface area contributed by atoms with Crippen LogP contribution in [0.15, 0.2) is 66.7 Å². The van der Waals surface area contributed by atoms with Gasteiger partial charge in [0.2, 0.25) is 0 Å². The highest BCUT2D eigenvalue weighted by Gasteiger charge is 2.20. The molecule has 5 rings (SSSR count). The maximum atomic E-state index is 5.75. The van der Waals surface area contributed by atoms with Crippen LogP contribution in [0.2, 0.25) is 0 Å². The summed E-state index contributed by atoms with van der Waals surface area (Å²) in [5.74, 6) is 0.959. The standard InChI is InChI=1S/C27H30N2O/c1-2-30-24-13-12-22-7-5-9-27(26(22)20-24)29-18-16-28(17-19-29)15-14-23-11-10-21-6-3-4-8-25(21)23/h3-9,11-13,20H,2,10,14-19H2,1H3. The minimum atomic E-state index is 0.702. The molecule has 0 spiro atoms. The number of ether oxygens (including phenoxy) is 1. The lowest BCUT2D eigenvalue weighted by atomic mass is 10.0. The number of hydrogen-bond donors (Lipinski definition) is 0. The average molecular weight is 399 g/mol. The molecular formula is C27H30N2O. The Kier molecular flexibility index (Phi) is 5.46. The van der Waals surface area contributed by atoms with E-state index in [0.717, 1.165) is 51.3 Å². The van der Waals surface area contributed by atoms with Crippen molar-refractivity contribution in [1.29, 1.82) is 0 Å². The predicted molar refractivity (Wildman–Crippen MR) is 127 cm³/mol. The number of anilines is 1. The lowest BCUT2D eigenvalue weighted by Gasteiger charge is -2.36. The van der Waals surface area contributed by atoms with Crippen molar-refractivity contribution in [2.24, 2.45) is 0 Å². The SMILES string of the molecule is CCOc1ccc2cccc(N3CCN(CCC4=CCc5ccccc54)CC3)c2c1. The summed E-state index contributed by atoms with van der Waals surface area (Å²) in [7, 11) is 0. The third-order valence-electron chi connectivity index (χ3n) is 6.48. The van der Waals surface area contributed by atoms with Crippen molar-refractivity contribution in [2.75, 3.05) is 44.2 Å². The topological polar surface area (TPSA) is 15.7 Å². The molecule has 2 aliphatic rings. The number of allylic oxidation sites excluding steroid dienone is 1. The van der Waals surface area contributed by atoms with Crippen molar-refractivity contribution in [2.45, 2.75) is 19.8 Å². The Morgan fingerprint density at radius 2 is 1.77 bits per heavy atom. The van der Waals surface area contributed by atoms with E-state index in [0.29, 0.717) is 6.61 Å². The summed E-state index contributed by atoms with van der Waals surface area (Å²) in [6.07, 6.45) is 4.68. The Morgan fingerprint density at radius 3 is 2.63 bits per heavy atom. The van der Waals surface area contributed by atoms with E-state index in [9.17, 15) is 0 Å². The number of nitrogens with zero attached hydrogens (tertiary/aromatic N) is 2. The molecule has 1 aliphatic carbocycles. The van der Waals surface area contributed by atoms with Crippen LogP contribution in [-0.4, -0.2) is 44.2 Å². The van der Waals surface area contributed by atoms with Gasteiger partial charge in [0.15, 0.2) is 0 Å². The molecule has 0 radical (unpaired) electrons. The molecule has 30 heavy (non-hydrogen) atoms. The van der Waals surface area contributed by atoms with Gasteiger partial charge in [-0.25, -0.2) is 0 Å². The first-order valence-electron chi connectivity index (χ1n) is 11.2. The van der Waals surface area contributed by atoms with Gasteiger partial charge in [-0.1, -0.05) is 48.5 Å². The van der Waals surface area contributed by atoms with Gasteiger partial charge in [-0.2, -0.15) is 0 Å². The normalized spacial score (nSPS) is 16.6. The molecule has 1 saturated heterocycles. The van der Waals surface area contributed by atoms with Gasteiger partial charge in [0, 0.05) is 43.8 Å². The smallest absolute Gasteiger partial charge is 0.119 e. The molecule has 0 aromatic heterocycles. The number of rotatable bonds is 6. The molecule has 1 aliphatic heterocycles. The van der Waals surface area contributed by atoms with Crippen LogP contribution in [0.4, 0.5) is 5.69 Å². The maximum absolute atomic E-state index is 5.75. The van der Waals surface area contributed by atoms with Crippen LogP contribution >= 0.6 is 0 Å². The van der Waals surface area contributed by atoms with Gasteiger partial charge in [-0.05, 0) is 60.1 Å². The van der Waals surface area contributed by atoms with E-state index in [-0.39, 0.29) is 0 Å². The fourth-order valence-corrected chi connectivity index (χ4v) is 4.85. The Bertz CT molecular complexity index is 1060. The second-order valence-corrected chi connectivity index (χ2v) is 8.26. The Balaban J connectivity index is 1.23. The monoisotopic (exact) mass is 398 g/mol. The van der Waals surface area contributed by atoms with Crippen LogP contribution in [0.3, 0.4) is 0 Å². The molecule has 1 heterocycles. The second kappa shape index (κ2) is 8.53. The first-order valence-corrected chi connectivity index (χ1v) is 11.2. The Hall–Kier alpha value is -2.78. The molecule has 3 aromatic rings. The first-order chi connectivity index (χ1) is 14.8. The highest BCUT2D eigenvalue weighted by Crippen LogP contribution is 2.32. The van der Waals surface area contributed by atoms with Gasteiger partial charge in [0.25, 0.3) is 0 Å². The van der Waals surface area contributed by atoms with Crippen molar-refractivity contribution < 1.29 is 4.74 Å². The summed E-state index contributed by atoms with van der Waals surface area (Å²) in [5, 5.41) is 2.58. The third-order valence-corrected chi connectivity index (χ3v) is 6.48. The van der Waals surface area contributed by atoms with Crippen molar-refractivity contribution in [1.82, 2.24) is 4.90 Å². The summed E-state index contributed by atoms with van der Waals surface area (Å²) >= 11 is 0. The van der Waals surface area contributed by atoms with Crippen LogP contribution in [0.5, 0.6) is 5.75 Å². The van der Waals surface area contributed by atoms with Crippen LogP contribution in [0, 0.1) is 0 Å². The molecule has 3 nitrogen and oxygen atoms in total. The fourth-order valence-electron chi connectivity index (χ4n) is 4.85. The van der Waals surface area contributed by atoms with Crippen LogP contribution in [0.25, 0.3) is 16.3 Å². The van der Waals surface area contributed by atoms with Gasteiger partial charge in [-0.15, -0.1) is 0 Å². The highest BCUT2D eigenvalue weighted by molar-refractivity contribution is 5.95. The van der Waals surface area contributed by atoms with Gasteiger partial charge < -0.3 is 9.64 Å². The van der Waals surface area contributed by atoms with Crippen molar-refractivity contribution >= 4 is 22.0 Å². The predicted octanol–water partition coefficient (Wildman–Crippen LogP) is 5.39. The maximum Gasteiger partial charge on any atom is 0.119 e. The quantitative estimate of drug-likeness (QED) is 0.554. The molecule has 154 valence electrons. The zero-order valence-electron chi connectivity index (χ0n) is 17.8. The molecule has 0 unspecified atom stereocenters. The molecule has 3 heteroatoms. The van der Waals surface area contributed by atoms with E-state index in [2.05, 4.69) is 76.5 Å². The average Bonchev–Trinajstić information content (AvgIpc) is 3.21. The van der Waals surface area contributed by atoms with Gasteiger partial charge in [0.1, 0.15) is 5.75 Å². The van der Waals surface area contributed by atoms with Gasteiger partial charge in [0.05, 0.1) is 6.61 Å². The number of hydrogen-bond acceptors (Lipinski definition) is 3. The highest BCUT2D eigenvalue weighted by atomic mass is 16.5. The van der Waals surface area contributed by atoms with Crippen molar-refractivity contribution in [3.63, 3.8) is 0 Å². The zero-order valence-corrected chi connectivity index (χ0v) is 17.8. The summed E-state index contributed by atoms with van der Waals surface area (Å²) in [6.45, 7) is 8.29. The Morgan fingerprint density at radius 1 is 0.900 bits per heavy atom. The molecule has 0 atom stereocenters. The number of benzene rings is 3. The van der Waals surface area contributed by atoms with Gasteiger partial charge >= 0.3 is 0 Å². The minimum absolute atomic E-state index is 0.702. The molecular weight excluding hydrogens is 368 g/mol. The minimum Gasteiger partial charge on any atom is -0.494 e. The molecule has 3 aromatic carbocycles. The Labute approximate surface area is 179 Å². The van der Waals surface area contributed by atoms with Crippen LogP contribution < -0.4 is 9.64 Å². The third kappa shape index (κ3) is 3.82. The van der Waals surface area contributed by atoms with E-state index in [4.69, 9.17) is 4.74 Å². The number of piperazine rings is 1. The molecule has 0 N–H and O–H groups in total. The van der Waals surface area contributed by atoms with E-state index >= 15 is 0 Å². The van der Waals surface area contributed by atoms with Crippen molar-refractivity contribution in [3.05, 3.63) is 77.9 Å². The van der Waals surface area contributed by atoms with E-state index in [1.807, 2.05) is 6.92 Å². The van der Waals surface area contributed by atoms with Crippen LogP contribution in [-0.2, 0) is 6.42 Å². The van der Waals surface area contributed by atoms with E-state index in [1.165, 1.54) is 33.2 Å². The van der Waals surface area contributed by atoms with Crippen molar-refractivity contribution in [3.8, 4) is 5.75 Å². The molecule has 0 amide bonds. The summed E-state index contributed by atoms with van der Waals surface area (Å²) in [4.78, 5) is 5.16. The summed E-state index contributed by atoms with van der Waals surface area (Å²) in [6, 6.07) is 21.9. The fraction of sp³-hybridized carbons (Fsp3) is 0.333. The van der Waals surface area contributed by atoms with E-state index < -0.39 is 0 Å². The lowest BCUT2D eigenvalue weighted by Crippen LogP contribution is -2.46. The van der Waals surface area contributed by atoms with E-state index in [1.54, 1.807) is 0 Å². The number of fused-ring (bicyclic) bond motifs is 2. The second-order valence-electron chi connectivity index (χ2n) is 8.26. The molecule has 0 saturated carbocycles. The molecule has 0 bridgehead atoms. The largest absolute Gasteiger partial charge is 0.494 e. The lowest BCUT2D eigenvalue weighted by molar-refractivity contribution is 0.264. The molecule has 1 fully saturated rings. The van der Waals surface area contributed by atoms with Crippen LogP contribution in [0.1, 0.15) is 24.5 Å². The van der Waals surface area contributed by atoms with Gasteiger partial charge in [-0.3, -0.25) is 4.90 Å². The summed E-state index contributed by atoms with van der Waals surface area (Å²) in [5.41, 5.74) is 5.82. The summed E-state index contributed by atoms with van der Waals surface area (Å²) < 4.78 is 5.75.